The van der Waals surface area contributed by atoms with Crippen molar-refractivity contribution in [3.05, 3.63) is 77.1 Å². The van der Waals surface area contributed by atoms with Gasteiger partial charge in [0.1, 0.15) is 5.82 Å². The van der Waals surface area contributed by atoms with Crippen molar-refractivity contribution in [1.29, 1.82) is 0 Å². The fourth-order valence-electron chi connectivity index (χ4n) is 4.79. The second kappa shape index (κ2) is 9.27. The standard InChI is InChI=1S/C27H29N5O2/c1-17-15-21-22(29-18(2)33)12-8-13-23(21)32(17)27-30-25-20(11-7-14-24(25)34-3)26(31-27)28-16-19-9-5-4-6-10-19/h4-6,8-10,12-13,15,24H,7,11,14,16H2,1-3H3,(H,29,33)(H,28,30,31). The van der Waals surface area contributed by atoms with Crippen molar-refractivity contribution in [3.63, 3.8) is 0 Å². The number of anilines is 2. The third kappa shape index (κ3) is 4.15. The third-order valence-electron chi connectivity index (χ3n) is 6.35. The summed E-state index contributed by atoms with van der Waals surface area (Å²) in [4.78, 5) is 21.8. The first-order valence-electron chi connectivity index (χ1n) is 11.7. The Morgan fingerprint density at radius 1 is 1.15 bits per heavy atom. The van der Waals surface area contributed by atoms with E-state index in [1.807, 2.05) is 43.3 Å². The van der Waals surface area contributed by atoms with Crippen LogP contribution < -0.4 is 10.6 Å². The Labute approximate surface area is 199 Å². The van der Waals surface area contributed by atoms with Gasteiger partial charge in [-0.15, -0.1) is 0 Å². The average molecular weight is 456 g/mol. The van der Waals surface area contributed by atoms with Crippen LogP contribution in [0.5, 0.6) is 0 Å². The van der Waals surface area contributed by atoms with Crippen molar-refractivity contribution in [3.8, 4) is 5.95 Å². The maximum atomic E-state index is 11.7. The maximum Gasteiger partial charge on any atom is 0.236 e. The summed E-state index contributed by atoms with van der Waals surface area (Å²) in [7, 11) is 1.74. The average Bonchev–Trinajstić information content (AvgIpc) is 3.19. The fraction of sp³-hybridized carbons (Fsp3) is 0.296. The molecule has 7 nitrogen and oxygen atoms in total. The fourth-order valence-corrected chi connectivity index (χ4v) is 4.79. The number of ether oxygens (including phenoxy) is 1. The van der Waals surface area contributed by atoms with Crippen molar-refractivity contribution in [2.45, 2.75) is 45.8 Å². The van der Waals surface area contributed by atoms with Gasteiger partial charge in [-0.05, 0) is 49.9 Å². The number of amides is 1. The van der Waals surface area contributed by atoms with Crippen LogP contribution in [0.3, 0.4) is 0 Å². The van der Waals surface area contributed by atoms with Crippen molar-refractivity contribution >= 4 is 28.3 Å². The van der Waals surface area contributed by atoms with Gasteiger partial charge in [-0.1, -0.05) is 36.4 Å². The number of methoxy groups -OCH3 is 1. The molecule has 0 fully saturated rings. The normalized spacial score (nSPS) is 15.2. The molecule has 4 aromatic rings. The van der Waals surface area contributed by atoms with Crippen LogP contribution in [0.4, 0.5) is 11.5 Å². The van der Waals surface area contributed by atoms with Crippen molar-refractivity contribution in [2.24, 2.45) is 0 Å². The van der Waals surface area contributed by atoms with Gasteiger partial charge in [0.2, 0.25) is 11.9 Å². The summed E-state index contributed by atoms with van der Waals surface area (Å²) in [6.45, 7) is 4.23. The second-order valence-corrected chi connectivity index (χ2v) is 8.73. The summed E-state index contributed by atoms with van der Waals surface area (Å²) < 4.78 is 7.87. The number of rotatable bonds is 6. The highest BCUT2D eigenvalue weighted by atomic mass is 16.5. The first-order chi connectivity index (χ1) is 16.5. The monoisotopic (exact) mass is 455 g/mol. The van der Waals surface area contributed by atoms with Gasteiger partial charge in [0, 0.05) is 37.2 Å². The first-order valence-corrected chi connectivity index (χ1v) is 11.7. The topological polar surface area (TPSA) is 81.1 Å². The van der Waals surface area contributed by atoms with E-state index in [1.165, 1.54) is 12.5 Å². The van der Waals surface area contributed by atoms with Crippen LogP contribution in [0.1, 0.15) is 48.4 Å². The third-order valence-corrected chi connectivity index (χ3v) is 6.35. The molecule has 174 valence electrons. The molecule has 2 aromatic carbocycles. The molecule has 2 heterocycles. The van der Waals surface area contributed by atoms with E-state index < -0.39 is 0 Å². The van der Waals surface area contributed by atoms with Gasteiger partial charge in [-0.3, -0.25) is 9.36 Å². The summed E-state index contributed by atoms with van der Waals surface area (Å²) in [5.74, 6) is 1.36. The number of hydrogen-bond acceptors (Lipinski definition) is 5. The Morgan fingerprint density at radius 3 is 2.74 bits per heavy atom. The smallest absolute Gasteiger partial charge is 0.236 e. The van der Waals surface area contributed by atoms with E-state index in [9.17, 15) is 4.79 Å². The highest BCUT2D eigenvalue weighted by Gasteiger charge is 2.27. The zero-order chi connectivity index (χ0) is 23.7. The predicted octanol–water partition coefficient (Wildman–Crippen LogP) is 5.32. The van der Waals surface area contributed by atoms with Crippen LogP contribution >= 0.6 is 0 Å². The molecule has 0 radical (unpaired) electrons. The van der Waals surface area contributed by atoms with Crippen molar-refractivity contribution in [1.82, 2.24) is 14.5 Å². The Hall–Kier alpha value is -3.71. The van der Waals surface area contributed by atoms with Crippen LogP contribution in [-0.2, 0) is 22.5 Å². The molecule has 0 bridgehead atoms. The Kier molecular flexibility index (Phi) is 6.02. The van der Waals surface area contributed by atoms with E-state index >= 15 is 0 Å². The molecule has 1 aliphatic carbocycles. The van der Waals surface area contributed by atoms with Gasteiger partial charge < -0.3 is 15.4 Å². The molecule has 34 heavy (non-hydrogen) atoms. The van der Waals surface area contributed by atoms with E-state index in [0.717, 1.165) is 58.6 Å². The number of nitrogens with zero attached hydrogens (tertiary/aromatic N) is 3. The Bertz CT molecular complexity index is 1350. The van der Waals surface area contributed by atoms with Gasteiger partial charge in [-0.25, -0.2) is 4.98 Å². The number of nitrogens with one attached hydrogen (secondary N) is 2. The number of fused-ring (bicyclic) bond motifs is 2. The zero-order valence-electron chi connectivity index (χ0n) is 19.8. The molecule has 1 aliphatic rings. The van der Waals surface area contributed by atoms with Gasteiger partial charge in [0.05, 0.1) is 23.0 Å². The SMILES string of the molecule is COC1CCCc2c(NCc3ccccc3)nc(-n3c(C)cc4c(NC(C)=O)cccc43)nc21. The van der Waals surface area contributed by atoms with Gasteiger partial charge >= 0.3 is 0 Å². The van der Waals surface area contributed by atoms with Crippen molar-refractivity contribution in [2.75, 3.05) is 17.7 Å². The van der Waals surface area contributed by atoms with Gasteiger partial charge in [-0.2, -0.15) is 4.98 Å². The largest absolute Gasteiger partial charge is 0.375 e. The summed E-state index contributed by atoms with van der Waals surface area (Å²) >= 11 is 0. The minimum absolute atomic E-state index is 0.0557. The number of carbonyl (C=O) groups excluding carboxylic acids is 1. The van der Waals surface area contributed by atoms with Crippen LogP contribution in [-0.4, -0.2) is 27.6 Å². The Balaban J connectivity index is 1.64. The minimum Gasteiger partial charge on any atom is -0.375 e. The lowest BCUT2D eigenvalue weighted by Crippen LogP contribution is -2.20. The van der Waals surface area contributed by atoms with Gasteiger partial charge in [0.15, 0.2) is 0 Å². The lowest BCUT2D eigenvalue weighted by atomic mass is 9.93. The van der Waals surface area contributed by atoms with Crippen molar-refractivity contribution < 1.29 is 9.53 Å². The first kappa shape index (κ1) is 22.1. The molecule has 0 saturated carbocycles. The van der Waals surface area contributed by atoms with Crippen LogP contribution in [0.15, 0.2) is 54.6 Å². The highest BCUT2D eigenvalue weighted by Crippen LogP contribution is 2.36. The Morgan fingerprint density at radius 2 is 1.97 bits per heavy atom. The molecule has 1 unspecified atom stereocenters. The number of aryl methyl sites for hydroxylation is 1. The molecular formula is C27H29N5O2. The van der Waals surface area contributed by atoms with E-state index in [-0.39, 0.29) is 12.0 Å². The number of benzene rings is 2. The zero-order valence-corrected chi connectivity index (χ0v) is 19.8. The van der Waals surface area contributed by atoms with Crippen LogP contribution in [0.2, 0.25) is 0 Å². The quantitative estimate of drug-likeness (QED) is 0.411. The van der Waals surface area contributed by atoms with Gasteiger partial charge in [0.25, 0.3) is 0 Å². The minimum atomic E-state index is -0.0988. The number of hydrogen-bond donors (Lipinski definition) is 2. The molecule has 2 aromatic heterocycles. The lowest BCUT2D eigenvalue weighted by molar-refractivity contribution is -0.114. The van der Waals surface area contributed by atoms with E-state index in [1.54, 1.807) is 7.11 Å². The molecule has 7 heteroatoms. The second-order valence-electron chi connectivity index (χ2n) is 8.73. The molecule has 1 atom stereocenters. The number of carbonyl (C=O) groups is 1. The van der Waals surface area contributed by atoms with E-state index in [4.69, 9.17) is 14.7 Å². The number of aromatic nitrogens is 3. The lowest BCUT2D eigenvalue weighted by Gasteiger charge is -2.26. The predicted molar refractivity (Wildman–Crippen MR) is 134 cm³/mol. The molecule has 1 amide bonds. The highest BCUT2D eigenvalue weighted by molar-refractivity contribution is 6.01. The van der Waals surface area contributed by atoms with Crippen LogP contribution in [0.25, 0.3) is 16.9 Å². The summed E-state index contributed by atoms with van der Waals surface area (Å²) in [6, 6.07) is 18.3. The summed E-state index contributed by atoms with van der Waals surface area (Å²) in [5, 5.41) is 7.45. The maximum absolute atomic E-state index is 11.7. The summed E-state index contributed by atoms with van der Waals surface area (Å²) in [6.07, 6.45) is 2.85. The molecule has 0 aliphatic heterocycles. The molecule has 2 N–H and O–H groups in total. The molecule has 0 saturated heterocycles. The van der Waals surface area contributed by atoms with Crippen LogP contribution in [0, 0.1) is 6.92 Å². The summed E-state index contributed by atoms with van der Waals surface area (Å²) in [5.41, 5.74) is 5.99. The molecule has 0 spiro atoms. The molecule has 5 rings (SSSR count). The van der Waals surface area contributed by atoms with E-state index in [2.05, 4.69) is 33.4 Å². The van der Waals surface area contributed by atoms with E-state index in [0.29, 0.717) is 12.5 Å². The molecular weight excluding hydrogens is 426 g/mol.